The average molecular weight is 370 g/mol. The van der Waals surface area contributed by atoms with Crippen LogP contribution in [0.15, 0.2) is 24.3 Å². The van der Waals surface area contributed by atoms with Crippen molar-refractivity contribution in [3.8, 4) is 5.75 Å². The summed E-state index contributed by atoms with van der Waals surface area (Å²) in [6.07, 6.45) is 0.219. The molecule has 7 heteroatoms. The largest absolute Gasteiger partial charge is 0.497 e. The molecule has 2 amide bonds. The van der Waals surface area contributed by atoms with Crippen LogP contribution in [0.5, 0.6) is 5.75 Å². The normalized spacial score (nSPS) is 19.4. The number of hydrogen-bond donors (Lipinski definition) is 2. The van der Waals surface area contributed by atoms with Crippen LogP contribution in [0.2, 0.25) is 0 Å². The first-order chi connectivity index (χ1) is 11.3. The molecule has 0 aliphatic carbocycles. The Morgan fingerprint density at radius 2 is 2.00 bits per heavy atom. The molecule has 3 N–H and O–H groups in total. The summed E-state index contributed by atoms with van der Waals surface area (Å²) in [7, 11) is 1.60. The van der Waals surface area contributed by atoms with Gasteiger partial charge in [0.05, 0.1) is 18.6 Å². The number of nitrogens with zero attached hydrogens (tertiary/aromatic N) is 1. The van der Waals surface area contributed by atoms with Crippen LogP contribution in [-0.2, 0) is 9.59 Å². The summed E-state index contributed by atoms with van der Waals surface area (Å²) in [5.74, 6) is 0.432. The first-order valence-corrected chi connectivity index (χ1v) is 8.27. The van der Waals surface area contributed by atoms with E-state index in [1.807, 2.05) is 32.9 Å². The third-order valence-electron chi connectivity index (χ3n) is 4.99. The van der Waals surface area contributed by atoms with Gasteiger partial charge in [-0.05, 0) is 37.1 Å². The molecule has 1 aromatic rings. The minimum Gasteiger partial charge on any atom is -0.497 e. The van der Waals surface area contributed by atoms with Gasteiger partial charge in [-0.2, -0.15) is 0 Å². The van der Waals surface area contributed by atoms with Crippen molar-refractivity contribution in [3.63, 3.8) is 0 Å². The zero-order chi connectivity index (χ0) is 17.9. The monoisotopic (exact) mass is 369 g/mol. The first kappa shape index (κ1) is 21.3. The molecule has 1 aliphatic rings. The van der Waals surface area contributed by atoms with Crippen LogP contribution in [0.25, 0.3) is 0 Å². The number of nitrogens with one attached hydrogen (secondary N) is 1. The lowest BCUT2D eigenvalue weighted by Gasteiger charge is -2.34. The topological polar surface area (TPSA) is 84.7 Å². The Balaban J connectivity index is 0.00000312. The fourth-order valence-electron chi connectivity index (χ4n) is 2.71. The standard InChI is InChI=1S/C18H27N3O3.ClH/c1-12(2)18(3,11-19)20-17(23)13-9-16(22)21(10-13)14-5-7-15(24-4)8-6-14;/h5-8,12-13H,9-11,19H2,1-4H3,(H,20,23);1H. The van der Waals surface area contributed by atoms with E-state index in [1.54, 1.807) is 24.1 Å². The highest BCUT2D eigenvalue weighted by Crippen LogP contribution is 2.27. The van der Waals surface area contributed by atoms with E-state index in [0.717, 1.165) is 11.4 Å². The van der Waals surface area contributed by atoms with Crippen molar-refractivity contribution in [2.24, 2.45) is 17.6 Å². The molecule has 2 atom stereocenters. The summed E-state index contributed by atoms with van der Waals surface area (Å²) >= 11 is 0. The molecule has 0 saturated carbocycles. The molecule has 0 aromatic heterocycles. The molecule has 0 spiro atoms. The maximum atomic E-state index is 12.6. The van der Waals surface area contributed by atoms with Gasteiger partial charge in [-0.3, -0.25) is 9.59 Å². The summed E-state index contributed by atoms with van der Waals surface area (Å²) in [5, 5.41) is 3.03. The van der Waals surface area contributed by atoms with Gasteiger partial charge >= 0.3 is 0 Å². The molecule has 1 heterocycles. The highest BCUT2D eigenvalue weighted by atomic mass is 35.5. The predicted octanol–water partition coefficient (Wildman–Crippen LogP) is 1.96. The van der Waals surface area contributed by atoms with Crippen molar-refractivity contribution in [1.29, 1.82) is 0 Å². The number of anilines is 1. The van der Waals surface area contributed by atoms with E-state index in [9.17, 15) is 9.59 Å². The maximum Gasteiger partial charge on any atom is 0.227 e. The predicted molar refractivity (Wildman–Crippen MR) is 101 cm³/mol. The number of methoxy groups -OCH3 is 1. The van der Waals surface area contributed by atoms with Crippen molar-refractivity contribution in [2.75, 3.05) is 25.1 Å². The van der Waals surface area contributed by atoms with Crippen LogP contribution >= 0.6 is 12.4 Å². The lowest BCUT2D eigenvalue weighted by Crippen LogP contribution is -2.56. The molecule has 2 rings (SSSR count). The van der Waals surface area contributed by atoms with E-state index >= 15 is 0 Å². The third kappa shape index (κ3) is 4.64. The number of carbonyl (C=O) groups excluding carboxylic acids is 2. The molecule has 140 valence electrons. The molecular formula is C18H28ClN3O3. The number of nitrogens with two attached hydrogens (primary N) is 1. The Hall–Kier alpha value is -1.79. The van der Waals surface area contributed by atoms with Gasteiger partial charge in [-0.25, -0.2) is 0 Å². The van der Waals surface area contributed by atoms with E-state index in [1.165, 1.54) is 0 Å². The molecule has 25 heavy (non-hydrogen) atoms. The Bertz CT molecular complexity index is 606. The number of rotatable bonds is 6. The molecule has 1 fully saturated rings. The summed E-state index contributed by atoms with van der Waals surface area (Å²) in [4.78, 5) is 26.5. The van der Waals surface area contributed by atoms with Gasteiger partial charge in [0.25, 0.3) is 0 Å². The molecule has 1 aromatic carbocycles. The van der Waals surface area contributed by atoms with Gasteiger partial charge < -0.3 is 20.7 Å². The van der Waals surface area contributed by atoms with E-state index in [-0.39, 0.29) is 42.5 Å². The van der Waals surface area contributed by atoms with Crippen molar-refractivity contribution in [3.05, 3.63) is 24.3 Å². The van der Waals surface area contributed by atoms with Crippen molar-refractivity contribution in [1.82, 2.24) is 5.32 Å². The van der Waals surface area contributed by atoms with Crippen LogP contribution in [0.3, 0.4) is 0 Å². The van der Waals surface area contributed by atoms with Gasteiger partial charge in [0.2, 0.25) is 11.8 Å². The summed E-state index contributed by atoms with van der Waals surface area (Å²) < 4.78 is 5.13. The second-order valence-corrected chi connectivity index (χ2v) is 6.87. The smallest absolute Gasteiger partial charge is 0.227 e. The maximum absolute atomic E-state index is 12.6. The SMILES string of the molecule is COc1ccc(N2CC(C(=O)NC(C)(CN)C(C)C)CC2=O)cc1.Cl. The van der Waals surface area contributed by atoms with Crippen molar-refractivity contribution >= 4 is 29.9 Å². The Labute approximate surface area is 155 Å². The second-order valence-electron chi connectivity index (χ2n) is 6.87. The Kier molecular flexibility index (Phi) is 7.26. The number of ether oxygens (including phenoxy) is 1. The zero-order valence-electron chi connectivity index (χ0n) is 15.2. The lowest BCUT2D eigenvalue weighted by molar-refractivity contribution is -0.128. The minimum atomic E-state index is -0.465. The second kappa shape index (κ2) is 8.54. The minimum absolute atomic E-state index is 0. The molecule has 6 nitrogen and oxygen atoms in total. The molecule has 1 aliphatic heterocycles. The van der Waals surface area contributed by atoms with Crippen LogP contribution in [0.4, 0.5) is 5.69 Å². The average Bonchev–Trinajstić information content (AvgIpc) is 2.96. The fourth-order valence-corrected chi connectivity index (χ4v) is 2.71. The number of halogens is 1. The summed E-state index contributed by atoms with van der Waals surface area (Å²) in [5.41, 5.74) is 6.14. The molecular weight excluding hydrogens is 342 g/mol. The van der Waals surface area contributed by atoms with Crippen LogP contribution in [0.1, 0.15) is 27.2 Å². The Morgan fingerprint density at radius 3 is 2.48 bits per heavy atom. The molecule has 2 unspecified atom stereocenters. The summed E-state index contributed by atoms with van der Waals surface area (Å²) in [6.45, 7) is 6.73. The number of amides is 2. The van der Waals surface area contributed by atoms with Gasteiger partial charge in [0.15, 0.2) is 0 Å². The third-order valence-corrected chi connectivity index (χ3v) is 4.99. The van der Waals surface area contributed by atoms with Gasteiger partial charge in [-0.15, -0.1) is 12.4 Å². The van der Waals surface area contributed by atoms with Gasteiger partial charge in [0, 0.05) is 25.2 Å². The van der Waals surface area contributed by atoms with Crippen molar-refractivity contribution in [2.45, 2.75) is 32.7 Å². The van der Waals surface area contributed by atoms with Crippen LogP contribution in [-0.4, -0.2) is 37.6 Å². The molecule has 0 bridgehead atoms. The highest BCUT2D eigenvalue weighted by Gasteiger charge is 2.38. The van der Waals surface area contributed by atoms with E-state index in [2.05, 4.69) is 5.32 Å². The van der Waals surface area contributed by atoms with E-state index in [0.29, 0.717) is 13.1 Å². The van der Waals surface area contributed by atoms with Crippen LogP contribution < -0.4 is 20.7 Å². The van der Waals surface area contributed by atoms with Gasteiger partial charge in [0.1, 0.15) is 5.75 Å². The number of benzene rings is 1. The molecule has 1 saturated heterocycles. The number of hydrogen-bond acceptors (Lipinski definition) is 4. The highest BCUT2D eigenvalue weighted by molar-refractivity contribution is 6.00. The van der Waals surface area contributed by atoms with E-state index in [4.69, 9.17) is 10.5 Å². The quantitative estimate of drug-likeness (QED) is 0.802. The fraction of sp³-hybridized carbons (Fsp3) is 0.556. The number of carbonyl (C=O) groups is 2. The van der Waals surface area contributed by atoms with E-state index < -0.39 is 5.54 Å². The van der Waals surface area contributed by atoms with Crippen LogP contribution in [0, 0.1) is 11.8 Å². The van der Waals surface area contributed by atoms with Crippen molar-refractivity contribution < 1.29 is 14.3 Å². The molecule has 0 radical (unpaired) electrons. The lowest BCUT2D eigenvalue weighted by atomic mass is 9.87. The summed E-state index contributed by atoms with van der Waals surface area (Å²) in [6, 6.07) is 7.27. The van der Waals surface area contributed by atoms with Gasteiger partial charge in [-0.1, -0.05) is 13.8 Å². The zero-order valence-corrected chi connectivity index (χ0v) is 16.1. The Morgan fingerprint density at radius 1 is 1.40 bits per heavy atom. The first-order valence-electron chi connectivity index (χ1n) is 8.27.